The summed E-state index contributed by atoms with van der Waals surface area (Å²) in [5, 5.41) is 6.45. The fourth-order valence-electron chi connectivity index (χ4n) is 2.41. The standard InChI is InChI=1S/C19H16ClN3O4S/c1-13-6-8-14(9-7-13)28(26,27)18-10-11-19(25)23(22-18)12-17(24)21-16-5-3-2-4-15(16)20/h2-11H,12H2,1H3,(H,21,24). The van der Waals surface area contributed by atoms with Gasteiger partial charge in [-0.1, -0.05) is 41.4 Å². The molecule has 0 radical (unpaired) electrons. The fourth-order valence-corrected chi connectivity index (χ4v) is 3.79. The molecule has 2 aromatic carbocycles. The number of hydrogen-bond acceptors (Lipinski definition) is 5. The lowest BCUT2D eigenvalue weighted by atomic mass is 10.2. The zero-order chi connectivity index (χ0) is 20.3. The van der Waals surface area contributed by atoms with Crippen LogP contribution in [0, 0.1) is 6.92 Å². The van der Waals surface area contributed by atoms with E-state index < -0.39 is 27.8 Å². The van der Waals surface area contributed by atoms with Crippen molar-refractivity contribution in [3.05, 3.63) is 81.6 Å². The molecule has 0 spiro atoms. The van der Waals surface area contributed by atoms with E-state index in [0.29, 0.717) is 10.7 Å². The second-order valence-corrected chi connectivity index (χ2v) is 8.32. The van der Waals surface area contributed by atoms with Gasteiger partial charge in [0.25, 0.3) is 5.56 Å². The highest BCUT2D eigenvalue weighted by molar-refractivity contribution is 7.91. The van der Waals surface area contributed by atoms with Crippen LogP contribution in [-0.4, -0.2) is 24.1 Å². The Balaban J connectivity index is 1.87. The molecule has 7 nitrogen and oxygen atoms in total. The largest absolute Gasteiger partial charge is 0.323 e. The van der Waals surface area contributed by atoms with Gasteiger partial charge < -0.3 is 5.32 Å². The van der Waals surface area contributed by atoms with E-state index in [2.05, 4.69) is 10.4 Å². The molecule has 1 heterocycles. The number of sulfone groups is 1. The van der Waals surface area contributed by atoms with Crippen LogP contribution in [0.4, 0.5) is 5.69 Å². The Morgan fingerprint density at radius 1 is 1.07 bits per heavy atom. The Hall–Kier alpha value is -2.97. The molecule has 1 aromatic heterocycles. The van der Waals surface area contributed by atoms with Gasteiger partial charge in [-0.25, -0.2) is 13.1 Å². The van der Waals surface area contributed by atoms with Gasteiger partial charge in [-0.2, -0.15) is 5.10 Å². The molecule has 0 fully saturated rings. The summed E-state index contributed by atoms with van der Waals surface area (Å²) in [6.45, 7) is 1.38. The first kappa shape index (κ1) is 19.8. The van der Waals surface area contributed by atoms with Crippen LogP contribution in [0.5, 0.6) is 0 Å². The minimum absolute atomic E-state index is 0.0521. The Labute approximate surface area is 166 Å². The van der Waals surface area contributed by atoms with Crippen LogP contribution in [0.25, 0.3) is 0 Å². The molecule has 0 bridgehead atoms. The highest BCUT2D eigenvalue weighted by Gasteiger charge is 2.21. The summed E-state index contributed by atoms with van der Waals surface area (Å²) in [7, 11) is -3.92. The van der Waals surface area contributed by atoms with Crippen molar-refractivity contribution >= 4 is 33.0 Å². The average molecular weight is 418 g/mol. The van der Waals surface area contributed by atoms with E-state index in [1.54, 1.807) is 36.4 Å². The third kappa shape index (κ3) is 4.29. The first-order chi connectivity index (χ1) is 13.3. The summed E-state index contributed by atoms with van der Waals surface area (Å²) in [6.07, 6.45) is 0. The molecule has 0 unspecified atom stereocenters. The SMILES string of the molecule is Cc1ccc(S(=O)(=O)c2ccc(=O)n(CC(=O)Nc3ccccc3Cl)n2)cc1. The number of carbonyl (C=O) groups excluding carboxylic acids is 1. The molecule has 3 aromatic rings. The van der Waals surface area contributed by atoms with Crippen LogP contribution in [-0.2, 0) is 21.2 Å². The molecule has 0 aliphatic rings. The quantitative estimate of drug-likeness (QED) is 0.688. The van der Waals surface area contributed by atoms with Crippen LogP contribution < -0.4 is 10.9 Å². The summed E-state index contributed by atoms with van der Waals surface area (Å²) < 4.78 is 26.3. The maximum Gasteiger partial charge on any atom is 0.267 e. The number of nitrogens with one attached hydrogen (secondary N) is 1. The van der Waals surface area contributed by atoms with E-state index in [4.69, 9.17) is 11.6 Å². The molecule has 0 atom stereocenters. The second-order valence-electron chi connectivity index (χ2n) is 6.01. The molecule has 9 heteroatoms. The van der Waals surface area contributed by atoms with Crippen LogP contribution >= 0.6 is 11.6 Å². The van der Waals surface area contributed by atoms with Crippen molar-refractivity contribution in [2.24, 2.45) is 0 Å². The third-order valence-electron chi connectivity index (χ3n) is 3.89. The normalized spacial score (nSPS) is 11.2. The number of halogens is 1. The van der Waals surface area contributed by atoms with E-state index >= 15 is 0 Å². The van der Waals surface area contributed by atoms with Crippen molar-refractivity contribution in [2.75, 3.05) is 5.32 Å². The van der Waals surface area contributed by atoms with E-state index in [0.717, 1.165) is 22.4 Å². The summed E-state index contributed by atoms with van der Waals surface area (Å²) in [5.41, 5.74) is 0.691. The van der Waals surface area contributed by atoms with Gasteiger partial charge in [-0.15, -0.1) is 0 Å². The zero-order valence-corrected chi connectivity index (χ0v) is 16.4. The van der Waals surface area contributed by atoms with Gasteiger partial charge in [0.1, 0.15) is 6.54 Å². The number of aromatic nitrogens is 2. The minimum Gasteiger partial charge on any atom is -0.323 e. The van der Waals surface area contributed by atoms with Gasteiger partial charge in [0.15, 0.2) is 5.03 Å². The topological polar surface area (TPSA) is 98.1 Å². The Morgan fingerprint density at radius 2 is 1.75 bits per heavy atom. The number of rotatable bonds is 5. The van der Waals surface area contributed by atoms with Crippen LogP contribution in [0.15, 0.2) is 75.4 Å². The molecule has 3 rings (SSSR count). The van der Waals surface area contributed by atoms with E-state index in [-0.39, 0.29) is 9.92 Å². The first-order valence-electron chi connectivity index (χ1n) is 8.22. The molecule has 144 valence electrons. The van der Waals surface area contributed by atoms with E-state index in [1.807, 2.05) is 6.92 Å². The smallest absolute Gasteiger partial charge is 0.267 e. The Morgan fingerprint density at radius 3 is 2.43 bits per heavy atom. The number of amides is 1. The number of para-hydroxylation sites is 1. The van der Waals surface area contributed by atoms with Gasteiger partial charge in [0.05, 0.1) is 15.6 Å². The van der Waals surface area contributed by atoms with Crippen molar-refractivity contribution in [1.82, 2.24) is 9.78 Å². The number of aryl methyl sites for hydroxylation is 1. The number of nitrogens with zero attached hydrogens (tertiary/aromatic N) is 2. The Bertz CT molecular complexity index is 1190. The van der Waals surface area contributed by atoms with Crippen LogP contribution in [0.3, 0.4) is 0 Å². The highest BCUT2D eigenvalue weighted by atomic mass is 35.5. The summed E-state index contributed by atoms with van der Waals surface area (Å²) in [4.78, 5) is 24.3. The second kappa shape index (κ2) is 7.95. The van der Waals surface area contributed by atoms with E-state index in [9.17, 15) is 18.0 Å². The van der Waals surface area contributed by atoms with Crippen molar-refractivity contribution in [3.8, 4) is 0 Å². The molecular weight excluding hydrogens is 402 g/mol. The van der Waals surface area contributed by atoms with Crippen molar-refractivity contribution in [1.29, 1.82) is 0 Å². The average Bonchev–Trinajstić information content (AvgIpc) is 2.65. The minimum atomic E-state index is -3.92. The maximum absolute atomic E-state index is 12.7. The maximum atomic E-state index is 12.7. The van der Waals surface area contributed by atoms with Gasteiger partial charge in [0.2, 0.25) is 15.7 Å². The zero-order valence-electron chi connectivity index (χ0n) is 14.8. The fraction of sp³-hybridized carbons (Fsp3) is 0.105. The number of benzene rings is 2. The third-order valence-corrected chi connectivity index (χ3v) is 5.88. The lowest BCUT2D eigenvalue weighted by Crippen LogP contribution is -2.30. The monoisotopic (exact) mass is 417 g/mol. The van der Waals surface area contributed by atoms with Gasteiger partial charge in [0, 0.05) is 6.07 Å². The Kier molecular flexibility index (Phi) is 5.62. The van der Waals surface area contributed by atoms with Crippen LogP contribution in [0.1, 0.15) is 5.56 Å². The van der Waals surface area contributed by atoms with Gasteiger partial charge in [-0.05, 0) is 37.3 Å². The lowest BCUT2D eigenvalue weighted by molar-refractivity contribution is -0.117. The predicted molar refractivity (Wildman–Crippen MR) is 105 cm³/mol. The van der Waals surface area contributed by atoms with Gasteiger partial charge in [-0.3, -0.25) is 9.59 Å². The molecular formula is C19H16ClN3O4S. The number of anilines is 1. The summed E-state index contributed by atoms with van der Waals surface area (Å²) in [6, 6.07) is 15.1. The van der Waals surface area contributed by atoms with E-state index in [1.165, 1.54) is 12.1 Å². The number of hydrogen-bond donors (Lipinski definition) is 1. The summed E-state index contributed by atoms with van der Waals surface area (Å²) in [5.74, 6) is -0.562. The molecule has 1 N–H and O–H groups in total. The van der Waals surface area contributed by atoms with Crippen LogP contribution in [0.2, 0.25) is 5.02 Å². The molecule has 0 saturated carbocycles. The first-order valence-corrected chi connectivity index (χ1v) is 10.1. The van der Waals surface area contributed by atoms with Gasteiger partial charge >= 0.3 is 0 Å². The molecule has 1 amide bonds. The lowest BCUT2D eigenvalue weighted by Gasteiger charge is -2.09. The van der Waals surface area contributed by atoms with Crippen molar-refractivity contribution < 1.29 is 13.2 Å². The highest BCUT2D eigenvalue weighted by Crippen LogP contribution is 2.20. The molecule has 0 saturated heterocycles. The number of carbonyl (C=O) groups is 1. The molecule has 0 aliphatic carbocycles. The summed E-state index contributed by atoms with van der Waals surface area (Å²) >= 11 is 5.99. The van der Waals surface area contributed by atoms with Crippen molar-refractivity contribution in [3.63, 3.8) is 0 Å². The predicted octanol–water partition coefficient (Wildman–Crippen LogP) is 2.68. The molecule has 28 heavy (non-hydrogen) atoms. The molecule has 0 aliphatic heterocycles. The van der Waals surface area contributed by atoms with Crippen molar-refractivity contribution in [2.45, 2.75) is 23.4 Å².